The molecule has 0 spiro atoms. The first-order valence-electron chi connectivity index (χ1n) is 12.4. The van der Waals surface area contributed by atoms with E-state index in [0.717, 1.165) is 48.3 Å². The minimum absolute atomic E-state index is 0.0257. The molecule has 0 bridgehead atoms. The van der Waals surface area contributed by atoms with Gasteiger partial charge in [0.25, 0.3) is 0 Å². The number of aryl methyl sites for hydroxylation is 5. The second-order valence-electron chi connectivity index (χ2n) is 9.14. The van der Waals surface area contributed by atoms with E-state index in [9.17, 15) is 22.0 Å². The highest BCUT2D eigenvalue weighted by Crippen LogP contribution is 2.30. The first kappa shape index (κ1) is 27.4. The van der Waals surface area contributed by atoms with Crippen LogP contribution in [0, 0.1) is 17.5 Å². The van der Waals surface area contributed by atoms with Crippen LogP contribution in [0.2, 0.25) is 0 Å². The fraction of sp³-hybridized carbons (Fsp3) is 0.310. The summed E-state index contributed by atoms with van der Waals surface area (Å²) in [5.74, 6) is -4.15. The Morgan fingerprint density at radius 2 is 1.42 bits per heavy atom. The molecule has 38 heavy (non-hydrogen) atoms. The molecule has 0 N–H and O–H groups in total. The number of aromatic nitrogens is 2. The van der Waals surface area contributed by atoms with E-state index < -0.39 is 29.6 Å². The molecule has 0 unspecified atom stereocenters. The molecule has 0 aliphatic heterocycles. The van der Waals surface area contributed by atoms with Crippen LogP contribution in [0.4, 0.5) is 26.3 Å². The molecule has 0 amide bonds. The van der Waals surface area contributed by atoms with E-state index in [1.54, 1.807) is 18.2 Å². The molecule has 1 aromatic heterocycles. The van der Waals surface area contributed by atoms with Gasteiger partial charge >= 0.3 is 6.36 Å². The summed E-state index contributed by atoms with van der Waals surface area (Å²) >= 11 is 0. The summed E-state index contributed by atoms with van der Waals surface area (Å²) in [7, 11) is 0. The van der Waals surface area contributed by atoms with Crippen LogP contribution in [0.5, 0.6) is 5.75 Å². The van der Waals surface area contributed by atoms with Gasteiger partial charge in [-0.2, -0.15) is 0 Å². The van der Waals surface area contributed by atoms with Gasteiger partial charge in [0.2, 0.25) is 5.75 Å². The van der Waals surface area contributed by atoms with Gasteiger partial charge < -0.3 is 4.74 Å². The SMILES string of the molecule is CCCCc1cnc(CCc2ccc3c(F)c(CCc4cc(F)c(OC(F)(F)F)c(F)c4)ccc3c2)nc1. The third-order valence-electron chi connectivity index (χ3n) is 6.27. The van der Waals surface area contributed by atoms with Crippen LogP contribution in [-0.2, 0) is 32.1 Å². The van der Waals surface area contributed by atoms with Crippen molar-refractivity contribution < 1.29 is 31.1 Å². The molecular weight excluding hydrogens is 506 g/mol. The van der Waals surface area contributed by atoms with Gasteiger partial charge in [-0.3, -0.25) is 0 Å². The van der Waals surface area contributed by atoms with Gasteiger partial charge in [-0.25, -0.2) is 23.1 Å². The molecular formula is C29H26F6N2O. The normalized spacial score (nSPS) is 11.8. The molecule has 0 aliphatic rings. The van der Waals surface area contributed by atoms with Crippen LogP contribution in [0.25, 0.3) is 10.8 Å². The average molecular weight is 533 g/mol. The largest absolute Gasteiger partial charge is 0.573 e. The number of benzene rings is 3. The zero-order chi connectivity index (χ0) is 27.3. The molecule has 0 saturated heterocycles. The Balaban J connectivity index is 1.41. The monoisotopic (exact) mass is 532 g/mol. The molecule has 1 heterocycles. The summed E-state index contributed by atoms with van der Waals surface area (Å²) in [6.45, 7) is 2.14. The number of unbranched alkanes of at least 4 members (excludes halogenated alkanes) is 1. The Hall–Kier alpha value is -3.62. The van der Waals surface area contributed by atoms with Gasteiger partial charge in [-0.1, -0.05) is 43.7 Å². The zero-order valence-corrected chi connectivity index (χ0v) is 20.7. The Kier molecular flexibility index (Phi) is 8.54. The van der Waals surface area contributed by atoms with Gasteiger partial charge in [0.05, 0.1) is 0 Å². The van der Waals surface area contributed by atoms with Crippen molar-refractivity contribution in [3.8, 4) is 5.75 Å². The maximum Gasteiger partial charge on any atom is 0.573 e. The van der Waals surface area contributed by atoms with Crippen LogP contribution >= 0.6 is 0 Å². The molecule has 0 atom stereocenters. The molecule has 3 nitrogen and oxygen atoms in total. The average Bonchev–Trinajstić information content (AvgIpc) is 2.88. The smallest absolute Gasteiger partial charge is 0.399 e. The molecule has 3 aromatic carbocycles. The minimum Gasteiger partial charge on any atom is -0.399 e. The number of ether oxygens (including phenoxy) is 1. The number of rotatable bonds is 10. The Bertz CT molecular complexity index is 1380. The van der Waals surface area contributed by atoms with Crippen molar-refractivity contribution in [3.05, 3.63) is 100 Å². The summed E-state index contributed by atoms with van der Waals surface area (Å²) in [6, 6.07) is 10.3. The van der Waals surface area contributed by atoms with Crippen molar-refractivity contribution in [3.63, 3.8) is 0 Å². The highest BCUT2D eigenvalue weighted by Gasteiger charge is 2.34. The summed E-state index contributed by atoms with van der Waals surface area (Å²) in [6.07, 6.45) is 3.17. The maximum atomic E-state index is 15.2. The highest BCUT2D eigenvalue weighted by atomic mass is 19.4. The number of fused-ring (bicyclic) bond motifs is 1. The Labute approximate surface area is 216 Å². The lowest BCUT2D eigenvalue weighted by Crippen LogP contribution is -2.19. The standard InChI is InChI=1S/C29H26F6N2O/c1-2-3-4-20-16-36-26(37-17-20)12-7-18-6-11-23-22(13-18)10-9-21(27(23)32)8-5-19-14-24(30)28(25(31)15-19)38-29(33,34)35/h6,9-11,13-17H,2-5,7-8,12H2,1H3. The van der Waals surface area contributed by atoms with Crippen LogP contribution < -0.4 is 4.74 Å². The van der Waals surface area contributed by atoms with E-state index in [-0.39, 0.29) is 18.4 Å². The number of alkyl halides is 3. The van der Waals surface area contributed by atoms with Gasteiger partial charge in [0, 0.05) is 24.2 Å². The lowest BCUT2D eigenvalue weighted by molar-refractivity contribution is -0.276. The Morgan fingerprint density at radius 1 is 0.737 bits per heavy atom. The number of hydrogen-bond donors (Lipinski definition) is 0. The van der Waals surface area contributed by atoms with Crippen molar-refractivity contribution >= 4 is 10.8 Å². The molecule has 9 heteroatoms. The van der Waals surface area contributed by atoms with Gasteiger partial charge in [0.1, 0.15) is 11.6 Å². The Morgan fingerprint density at radius 3 is 2.08 bits per heavy atom. The van der Waals surface area contributed by atoms with Crippen molar-refractivity contribution in [1.82, 2.24) is 9.97 Å². The first-order valence-corrected chi connectivity index (χ1v) is 12.4. The summed E-state index contributed by atoms with van der Waals surface area (Å²) in [5, 5.41) is 1.12. The molecule has 4 rings (SSSR count). The summed E-state index contributed by atoms with van der Waals surface area (Å²) < 4.78 is 83.5. The fourth-order valence-corrected chi connectivity index (χ4v) is 4.26. The van der Waals surface area contributed by atoms with E-state index in [1.807, 2.05) is 24.5 Å². The van der Waals surface area contributed by atoms with E-state index in [4.69, 9.17) is 0 Å². The molecule has 0 fully saturated rings. The third kappa shape index (κ3) is 7.02. The second kappa shape index (κ2) is 11.8. The summed E-state index contributed by atoms with van der Waals surface area (Å²) in [5.41, 5.74) is 2.55. The van der Waals surface area contributed by atoms with Gasteiger partial charge in [0.15, 0.2) is 11.6 Å². The van der Waals surface area contributed by atoms with E-state index in [0.29, 0.717) is 29.2 Å². The zero-order valence-electron chi connectivity index (χ0n) is 20.7. The van der Waals surface area contributed by atoms with E-state index >= 15 is 4.39 Å². The van der Waals surface area contributed by atoms with Crippen LogP contribution in [0.15, 0.2) is 54.9 Å². The maximum absolute atomic E-state index is 15.2. The molecule has 200 valence electrons. The van der Waals surface area contributed by atoms with Crippen LogP contribution in [0.3, 0.4) is 0 Å². The van der Waals surface area contributed by atoms with E-state index in [2.05, 4.69) is 21.6 Å². The van der Waals surface area contributed by atoms with Crippen molar-refractivity contribution in [2.24, 2.45) is 0 Å². The lowest BCUT2D eigenvalue weighted by atomic mass is 9.98. The predicted octanol–water partition coefficient (Wildman–Crippen LogP) is 7.86. The van der Waals surface area contributed by atoms with Gasteiger partial charge in [-0.15, -0.1) is 13.2 Å². The van der Waals surface area contributed by atoms with Crippen molar-refractivity contribution in [2.75, 3.05) is 0 Å². The molecule has 0 radical (unpaired) electrons. The molecule has 4 aromatic rings. The van der Waals surface area contributed by atoms with Crippen LogP contribution in [0.1, 0.15) is 47.8 Å². The number of nitrogens with zero attached hydrogens (tertiary/aromatic N) is 2. The molecule has 0 saturated carbocycles. The highest BCUT2D eigenvalue weighted by molar-refractivity contribution is 5.84. The first-order chi connectivity index (χ1) is 18.1. The second-order valence-corrected chi connectivity index (χ2v) is 9.14. The number of hydrogen-bond acceptors (Lipinski definition) is 3. The molecule has 0 aliphatic carbocycles. The number of halogens is 6. The quantitative estimate of drug-likeness (QED) is 0.195. The third-order valence-corrected chi connectivity index (χ3v) is 6.27. The van der Waals surface area contributed by atoms with E-state index in [1.165, 1.54) is 0 Å². The van der Waals surface area contributed by atoms with Crippen molar-refractivity contribution in [1.29, 1.82) is 0 Å². The predicted molar refractivity (Wildman–Crippen MR) is 132 cm³/mol. The summed E-state index contributed by atoms with van der Waals surface area (Å²) in [4.78, 5) is 8.87. The fourth-order valence-electron chi connectivity index (χ4n) is 4.26. The van der Waals surface area contributed by atoms with Gasteiger partial charge in [-0.05, 0) is 71.9 Å². The minimum atomic E-state index is -5.22. The van der Waals surface area contributed by atoms with Crippen molar-refractivity contribution in [2.45, 2.75) is 58.2 Å². The topological polar surface area (TPSA) is 35.0 Å². The van der Waals surface area contributed by atoms with Crippen LogP contribution in [-0.4, -0.2) is 16.3 Å². The lowest BCUT2D eigenvalue weighted by Gasteiger charge is -2.12.